The number of hydrogen-bond donors (Lipinski definition) is 0. The summed E-state index contributed by atoms with van der Waals surface area (Å²) in [6, 6.07) is 10.5. The first-order valence-corrected chi connectivity index (χ1v) is 9.21. The Balaban J connectivity index is 1.85. The van der Waals surface area contributed by atoms with Gasteiger partial charge in [0.1, 0.15) is 6.61 Å². The number of rotatable bonds is 4. The van der Waals surface area contributed by atoms with Crippen LogP contribution >= 0.6 is 27.3 Å². The predicted molar refractivity (Wildman–Crippen MR) is 95.4 cm³/mol. The van der Waals surface area contributed by atoms with E-state index in [4.69, 9.17) is 4.84 Å². The van der Waals surface area contributed by atoms with E-state index in [0.29, 0.717) is 6.61 Å². The molecule has 3 rings (SSSR count). The van der Waals surface area contributed by atoms with Crippen LogP contribution in [0.15, 0.2) is 45.3 Å². The maximum absolute atomic E-state index is 5.49. The molecule has 2 aromatic rings. The molecule has 0 bridgehead atoms. The van der Waals surface area contributed by atoms with Gasteiger partial charge in [0.2, 0.25) is 0 Å². The lowest BCUT2D eigenvalue weighted by molar-refractivity contribution is 0.139. The summed E-state index contributed by atoms with van der Waals surface area (Å²) in [6.45, 7) is 4.63. The second-order valence-corrected chi connectivity index (χ2v) is 7.21. The lowest BCUT2D eigenvalue weighted by Crippen LogP contribution is -2.36. The van der Waals surface area contributed by atoms with Gasteiger partial charge in [-0.1, -0.05) is 40.1 Å². The summed E-state index contributed by atoms with van der Waals surface area (Å²) in [5, 5.41) is 6.60. The summed E-state index contributed by atoms with van der Waals surface area (Å²) in [5.41, 5.74) is 2.51. The minimum atomic E-state index is 0.650. The lowest BCUT2D eigenvalue weighted by atomic mass is 10.1. The number of hydrogen-bond acceptors (Lipinski definition) is 3. The molecule has 0 saturated heterocycles. The molecular formula is C17H19BrN2OS. The highest BCUT2D eigenvalue weighted by molar-refractivity contribution is 9.10. The molecule has 0 N–H and O–H groups in total. The van der Waals surface area contributed by atoms with Crippen LogP contribution in [-0.4, -0.2) is 23.9 Å². The van der Waals surface area contributed by atoms with Gasteiger partial charge in [-0.2, -0.15) is 0 Å². The Morgan fingerprint density at radius 1 is 1.32 bits per heavy atom. The Bertz CT molecular complexity index is 651. The second-order valence-electron chi connectivity index (χ2n) is 5.30. The van der Waals surface area contributed by atoms with Gasteiger partial charge >= 0.3 is 0 Å². The Labute approximate surface area is 143 Å². The van der Waals surface area contributed by atoms with E-state index in [9.17, 15) is 0 Å². The summed E-state index contributed by atoms with van der Waals surface area (Å²) in [7, 11) is 0. The van der Waals surface area contributed by atoms with E-state index in [0.717, 1.165) is 41.8 Å². The number of benzene rings is 1. The van der Waals surface area contributed by atoms with Crippen molar-refractivity contribution < 1.29 is 4.84 Å². The molecule has 0 fully saturated rings. The average Bonchev–Trinajstić information content (AvgIpc) is 3.00. The zero-order valence-corrected chi connectivity index (χ0v) is 15.0. The normalized spacial score (nSPS) is 14.8. The zero-order valence-electron chi connectivity index (χ0n) is 12.6. The molecule has 5 heteroatoms. The largest absolute Gasteiger partial charge is 0.394 e. The van der Waals surface area contributed by atoms with E-state index in [2.05, 4.69) is 56.5 Å². The van der Waals surface area contributed by atoms with Gasteiger partial charge in [0.15, 0.2) is 5.84 Å². The van der Waals surface area contributed by atoms with Gasteiger partial charge in [-0.3, -0.25) is 0 Å². The molecule has 1 aromatic heterocycles. The van der Waals surface area contributed by atoms with Crippen molar-refractivity contribution in [3.63, 3.8) is 0 Å². The van der Waals surface area contributed by atoms with Crippen molar-refractivity contribution in [2.75, 3.05) is 13.2 Å². The quantitative estimate of drug-likeness (QED) is 0.334. The Morgan fingerprint density at radius 3 is 2.91 bits per heavy atom. The summed E-state index contributed by atoms with van der Waals surface area (Å²) < 4.78 is 1.07. The van der Waals surface area contributed by atoms with Crippen LogP contribution in [0.4, 0.5) is 0 Å². The highest BCUT2D eigenvalue weighted by Gasteiger charge is 2.21. The molecule has 1 aliphatic rings. The molecule has 116 valence electrons. The molecular weight excluding hydrogens is 360 g/mol. The maximum atomic E-state index is 5.49. The molecule has 0 aliphatic carbocycles. The van der Waals surface area contributed by atoms with Crippen molar-refractivity contribution in [3.05, 3.63) is 56.2 Å². The van der Waals surface area contributed by atoms with Crippen LogP contribution < -0.4 is 0 Å². The molecule has 0 radical (unpaired) electrons. The third kappa shape index (κ3) is 3.52. The molecule has 0 amide bonds. The third-order valence-corrected chi connectivity index (χ3v) is 5.21. The van der Waals surface area contributed by atoms with Crippen LogP contribution in [0, 0.1) is 0 Å². The van der Waals surface area contributed by atoms with Crippen LogP contribution in [0.2, 0.25) is 0 Å². The molecule has 0 atom stereocenters. The minimum Gasteiger partial charge on any atom is -0.394 e. The minimum absolute atomic E-state index is 0.650. The molecule has 1 aliphatic heterocycles. The maximum Gasteiger partial charge on any atom is 0.175 e. The fourth-order valence-electron chi connectivity index (χ4n) is 2.52. The number of oxime groups is 1. The van der Waals surface area contributed by atoms with Crippen molar-refractivity contribution >= 4 is 33.1 Å². The molecule has 0 spiro atoms. The van der Waals surface area contributed by atoms with Gasteiger partial charge in [-0.25, -0.2) is 0 Å². The first-order chi connectivity index (χ1) is 10.8. The fourth-order valence-corrected chi connectivity index (χ4v) is 3.67. The number of halogens is 1. The van der Waals surface area contributed by atoms with Gasteiger partial charge in [0, 0.05) is 28.0 Å². The SMILES string of the molecule is CCCO/N=C(/c1ccc(Br)cc1)N1CCc2sccc2C1. The number of amidine groups is 1. The monoisotopic (exact) mass is 378 g/mol. The fraction of sp³-hybridized carbons (Fsp3) is 0.353. The molecule has 1 aromatic carbocycles. The van der Waals surface area contributed by atoms with Crippen molar-refractivity contribution in [1.82, 2.24) is 4.90 Å². The summed E-state index contributed by atoms with van der Waals surface area (Å²) in [5.74, 6) is 0.929. The second kappa shape index (κ2) is 7.29. The summed E-state index contributed by atoms with van der Waals surface area (Å²) >= 11 is 5.34. The lowest BCUT2D eigenvalue weighted by Gasteiger charge is -2.29. The smallest absolute Gasteiger partial charge is 0.175 e. The third-order valence-electron chi connectivity index (χ3n) is 3.66. The molecule has 3 nitrogen and oxygen atoms in total. The highest BCUT2D eigenvalue weighted by Crippen LogP contribution is 2.25. The van der Waals surface area contributed by atoms with Crippen LogP contribution in [0.25, 0.3) is 0 Å². The molecule has 0 unspecified atom stereocenters. The predicted octanol–water partition coefficient (Wildman–Crippen LogP) is 4.66. The number of nitrogens with zero attached hydrogens (tertiary/aromatic N) is 2. The van der Waals surface area contributed by atoms with E-state index in [-0.39, 0.29) is 0 Å². The first kappa shape index (κ1) is 15.6. The Morgan fingerprint density at radius 2 is 2.14 bits per heavy atom. The standard InChI is InChI=1S/C17H19BrN2OS/c1-2-10-21-19-17(13-3-5-15(18)6-4-13)20-9-7-16-14(12-20)8-11-22-16/h3-6,8,11H,2,7,9-10,12H2,1H3/b19-17-. The van der Waals surface area contributed by atoms with Gasteiger partial charge in [-0.15, -0.1) is 11.3 Å². The van der Waals surface area contributed by atoms with Gasteiger partial charge in [0.25, 0.3) is 0 Å². The van der Waals surface area contributed by atoms with Crippen LogP contribution in [-0.2, 0) is 17.8 Å². The van der Waals surface area contributed by atoms with Crippen molar-refractivity contribution in [2.24, 2.45) is 5.16 Å². The molecule has 2 heterocycles. The van der Waals surface area contributed by atoms with E-state index in [1.807, 2.05) is 23.5 Å². The first-order valence-electron chi connectivity index (χ1n) is 7.54. The number of thiophene rings is 1. The van der Waals surface area contributed by atoms with Gasteiger partial charge in [0.05, 0.1) is 0 Å². The van der Waals surface area contributed by atoms with Crippen molar-refractivity contribution in [1.29, 1.82) is 0 Å². The van der Waals surface area contributed by atoms with Crippen LogP contribution in [0.5, 0.6) is 0 Å². The van der Waals surface area contributed by atoms with Crippen molar-refractivity contribution in [3.8, 4) is 0 Å². The van der Waals surface area contributed by atoms with Crippen molar-refractivity contribution in [2.45, 2.75) is 26.3 Å². The van der Waals surface area contributed by atoms with E-state index >= 15 is 0 Å². The van der Waals surface area contributed by atoms with Crippen LogP contribution in [0.3, 0.4) is 0 Å². The van der Waals surface area contributed by atoms with E-state index < -0.39 is 0 Å². The molecule has 0 saturated carbocycles. The number of fused-ring (bicyclic) bond motifs is 1. The van der Waals surface area contributed by atoms with Gasteiger partial charge < -0.3 is 9.74 Å². The topological polar surface area (TPSA) is 24.8 Å². The highest BCUT2D eigenvalue weighted by atomic mass is 79.9. The average molecular weight is 379 g/mol. The molecule has 22 heavy (non-hydrogen) atoms. The van der Waals surface area contributed by atoms with E-state index in [1.54, 1.807) is 0 Å². The Kier molecular flexibility index (Phi) is 5.16. The summed E-state index contributed by atoms with van der Waals surface area (Å²) in [6.07, 6.45) is 2.04. The van der Waals surface area contributed by atoms with Crippen LogP contribution in [0.1, 0.15) is 29.3 Å². The van der Waals surface area contributed by atoms with E-state index in [1.165, 1.54) is 10.4 Å². The van der Waals surface area contributed by atoms with Gasteiger partial charge in [-0.05, 0) is 42.0 Å². The Hall–Kier alpha value is -1.33. The zero-order chi connectivity index (χ0) is 15.4. The summed E-state index contributed by atoms with van der Waals surface area (Å²) in [4.78, 5) is 9.30.